The molecule has 1 heterocycles. The van der Waals surface area contributed by atoms with E-state index in [1.165, 1.54) is 70.6 Å². The lowest BCUT2D eigenvalue weighted by Gasteiger charge is -2.13. The van der Waals surface area contributed by atoms with E-state index in [4.69, 9.17) is 4.63 Å². The minimum absolute atomic E-state index is 0.129. The van der Waals surface area contributed by atoms with E-state index in [0.717, 1.165) is 12.8 Å². The molecule has 2 rings (SSSR count). The predicted molar refractivity (Wildman–Crippen MR) is 79.9 cm³/mol. The lowest BCUT2D eigenvalue weighted by molar-refractivity contribution is 0.296. The molecular weight excluding hydrogens is 252 g/mol. The second-order valence-corrected chi connectivity index (χ2v) is 6.16. The molecule has 114 valence electrons. The van der Waals surface area contributed by atoms with Crippen molar-refractivity contribution in [1.29, 1.82) is 0 Å². The van der Waals surface area contributed by atoms with Gasteiger partial charge in [0.25, 0.3) is 0 Å². The summed E-state index contributed by atoms with van der Waals surface area (Å²) >= 11 is 0. The van der Waals surface area contributed by atoms with E-state index in [1.807, 2.05) is 0 Å². The van der Waals surface area contributed by atoms with Crippen molar-refractivity contribution in [1.82, 2.24) is 10.3 Å². The number of nitrogens with one attached hydrogen (secondary N) is 1. The minimum atomic E-state index is -0.129. The van der Waals surface area contributed by atoms with Gasteiger partial charge in [-0.3, -0.25) is 9.42 Å². The quantitative estimate of drug-likeness (QED) is 0.822. The molecule has 0 radical (unpaired) electrons. The fraction of sp³-hybridized carbons (Fsp3) is 0.875. The van der Waals surface area contributed by atoms with Gasteiger partial charge in [0.05, 0.1) is 0 Å². The predicted octanol–water partition coefficient (Wildman–Crippen LogP) is 4.53. The summed E-state index contributed by atoms with van der Waals surface area (Å²) in [4.78, 5) is 11.7. The summed E-state index contributed by atoms with van der Waals surface area (Å²) in [6, 6.07) is 0. The van der Waals surface area contributed by atoms with Crippen LogP contribution < -0.4 is 5.56 Å². The molecule has 0 unspecified atom stereocenters. The number of rotatable bonds is 1. The second kappa shape index (κ2) is 8.98. The number of aromatic amines is 1. The van der Waals surface area contributed by atoms with Crippen LogP contribution in [0.15, 0.2) is 9.42 Å². The largest absolute Gasteiger partial charge is 0.304 e. The first-order valence-corrected chi connectivity index (χ1v) is 8.42. The molecule has 1 aromatic rings. The van der Waals surface area contributed by atoms with Gasteiger partial charge in [0.1, 0.15) is 0 Å². The van der Waals surface area contributed by atoms with Crippen LogP contribution in [0.3, 0.4) is 0 Å². The molecule has 0 aliphatic heterocycles. The molecule has 1 aliphatic rings. The summed E-state index contributed by atoms with van der Waals surface area (Å²) in [5.74, 6) is 0.292. The van der Waals surface area contributed by atoms with Crippen molar-refractivity contribution < 1.29 is 4.63 Å². The molecule has 0 spiro atoms. The van der Waals surface area contributed by atoms with E-state index in [1.54, 1.807) is 0 Å². The fourth-order valence-corrected chi connectivity index (χ4v) is 3.26. The Labute approximate surface area is 121 Å². The second-order valence-electron chi connectivity index (χ2n) is 6.16. The molecule has 0 bridgehead atoms. The Morgan fingerprint density at radius 1 is 0.800 bits per heavy atom. The van der Waals surface area contributed by atoms with Gasteiger partial charge in [-0.2, -0.15) is 5.16 Å². The Balaban J connectivity index is 1.87. The van der Waals surface area contributed by atoms with Gasteiger partial charge in [-0.25, -0.2) is 0 Å². The summed E-state index contributed by atoms with van der Waals surface area (Å²) in [6.45, 7) is 0. The zero-order chi connectivity index (χ0) is 14.0. The molecule has 0 amide bonds. The molecular formula is C16H28N2O2. The van der Waals surface area contributed by atoms with Crippen molar-refractivity contribution in [2.24, 2.45) is 0 Å². The number of hydrogen-bond acceptors (Lipinski definition) is 3. The van der Waals surface area contributed by atoms with E-state index >= 15 is 0 Å². The van der Waals surface area contributed by atoms with E-state index in [0.29, 0.717) is 11.6 Å². The maximum Gasteiger partial charge on any atom is 0.304 e. The fourth-order valence-electron chi connectivity index (χ4n) is 3.26. The van der Waals surface area contributed by atoms with Crippen molar-refractivity contribution in [2.45, 2.75) is 89.4 Å². The molecule has 20 heavy (non-hydrogen) atoms. The van der Waals surface area contributed by atoms with Gasteiger partial charge < -0.3 is 0 Å². The lowest BCUT2D eigenvalue weighted by Crippen LogP contribution is -2.12. The zero-order valence-corrected chi connectivity index (χ0v) is 12.5. The molecule has 1 N–H and O–H groups in total. The first kappa shape index (κ1) is 15.3. The van der Waals surface area contributed by atoms with Crippen molar-refractivity contribution in [3.8, 4) is 0 Å². The molecule has 4 nitrogen and oxygen atoms in total. The SMILES string of the molecule is O=c1[nH]onc1C1CCCCCCCCCCCCC1. The Morgan fingerprint density at radius 2 is 1.25 bits per heavy atom. The van der Waals surface area contributed by atoms with Crippen molar-refractivity contribution in [2.75, 3.05) is 0 Å². The Hall–Kier alpha value is -1.06. The van der Waals surface area contributed by atoms with Crippen LogP contribution in [0.1, 0.15) is 95.1 Å². The van der Waals surface area contributed by atoms with Gasteiger partial charge >= 0.3 is 5.56 Å². The van der Waals surface area contributed by atoms with Gasteiger partial charge in [-0.15, -0.1) is 0 Å². The van der Waals surface area contributed by atoms with Crippen LogP contribution in [0.4, 0.5) is 0 Å². The molecule has 4 heteroatoms. The topological polar surface area (TPSA) is 58.9 Å². The Morgan fingerprint density at radius 3 is 1.65 bits per heavy atom. The first-order valence-electron chi connectivity index (χ1n) is 8.42. The van der Waals surface area contributed by atoms with E-state index in [9.17, 15) is 4.79 Å². The highest BCUT2D eigenvalue weighted by molar-refractivity contribution is 5.00. The van der Waals surface area contributed by atoms with Crippen LogP contribution in [-0.4, -0.2) is 10.3 Å². The van der Waals surface area contributed by atoms with Crippen LogP contribution in [-0.2, 0) is 0 Å². The molecule has 0 aromatic carbocycles. The third kappa shape index (κ3) is 5.14. The number of nitrogens with zero attached hydrogens (tertiary/aromatic N) is 1. The highest BCUT2D eigenvalue weighted by Gasteiger charge is 2.18. The lowest BCUT2D eigenvalue weighted by atomic mass is 9.91. The maximum absolute atomic E-state index is 11.7. The van der Waals surface area contributed by atoms with E-state index in [2.05, 4.69) is 10.3 Å². The third-order valence-electron chi connectivity index (χ3n) is 4.51. The number of H-pyrrole nitrogens is 1. The highest BCUT2D eigenvalue weighted by atomic mass is 16.6. The van der Waals surface area contributed by atoms with Crippen molar-refractivity contribution in [3.05, 3.63) is 16.0 Å². The summed E-state index contributed by atoms with van der Waals surface area (Å²) in [7, 11) is 0. The van der Waals surface area contributed by atoms with Gasteiger partial charge in [-0.1, -0.05) is 75.8 Å². The van der Waals surface area contributed by atoms with Gasteiger partial charge in [-0.05, 0) is 12.8 Å². The molecule has 1 saturated carbocycles. The smallest absolute Gasteiger partial charge is 0.267 e. The summed E-state index contributed by atoms with van der Waals surface area (Å²) in [5.41, 5.74) is 0.494. The maximum atomic E-state index is 11.7. The zero-order valence-electron chi connectivity index (χ0n) is 12.5. The van der Waals surface area contributed by atoms with Gasteiger partial charge in [0, 0.05) is 5.92 Å². The Bertz CT molecular complexity index is 397. The highest BCUT2D eigenvalue weighted by Crippen LogP contribution is 2.26. The van der Waals surface area contributed by atoms with Gasteiger partial charge in [0.15, 0.2) is 5.69 Å². The van der Waals surface area contributed by atoms with Crippen LogP contribution in [0.2, 0.25) is 0 Å². The molecule has 0 atom stereocenters. The molecule has 1 aromatic heterocycles. The molecule has 1 aliphatic carbocycles. The summed E-state index contributed by atoms with van der Waals surface area (Å²) < 4.78 is 4.72. The Kier molecular flexibility index (Phi) is 6.89. The van der Waals surface area contributed by atoms with E-state index in [-0.39, 0.29) is 5.56 Å². The van der Waals surface area contributed by atoms with Crippen LogP contribution in [0.25, 0.3) is 0 Å². The van der Waals surface area contributed by atoms with Crippen LogP contribution in [0.5, 0.6) is 0 Å². The monoisotopic (exact) mass is 280 g/mol. The summed E-state index contributed by atoms with van der Waals surface area (Å²) in [6.07, 6.45) is 16.8. The average molecular weight is 280 g/mol. The van der Waals surface area contributed by atoms with Crippen LogP contribution >= 0.6 is 0 Å². The number of aromatic nitrogens is 2. The molecule has 0 saturated heterocycles. The first-order chi connectivity index (χ1) is 9.88. The van der Waals surface area contributed by atoms with E-state index < -0.39 is 0 Å². The third-order valence-corrected chi connectivity index (χ3v) is 4.51. The van der Waals surface area contributed by atoms with Crippen molar-refractivity contribution >= 4 is 0 Å². The van der Waals surface area contributed by atoms with Crippen LogP contribution in [0, 0.1) is 0 Å². The van der Waals surface area contributed by atoms with Gasteiger partial charge in [0.2, 0.25) is 0 Å². The molecule has 1 fully saturated rings. The number of hydrogen-bond donors (Lipinski definition) is 1. The normalized spacial score (nSPS) is 21.4. The minimum Gasteiger partial charge on any atom is -0.267 e. The van der Waals surface area contributed by atoms with Crippen molar-refractivity contribution in [3.63, 3.8) is 0 Å². The standard InChI is InChI=1S/C16H28N2O2/c19-16-15(17-20-18-16)14-12-10-8-6-4-2-1-3-5-7-9-11-13-14/h14H,1-13H2,(H,18,19). The summed E-state index contributed by atoms with van der Waals surface area (Å²) in [5, 5.41) is 6.23. The average Bonchev–Trinajstić information content (AvgIpc) is 2.87.